The predicted molar refractivity (Wildman–Crippen MR) is 177 cm³/mol. The van der Waals surface area contributed by atoms with Crippen molar-refractivity contribution >= 4 is 25.8 Å². The number of aryl methyl sites for hydroxylation is 2. The minimum absolute atomic E-state index is 0.0490. The van der Waals surface area contributed by atoms with Gasteiger partial charge in [-0.05, 0) is 86.3 Å². The molecule has 0 aliphatic carbocycles. The van der Waals surface area contributed by atoms with Crippen LogP contribution >= 0.6 is 0 Å². The molecule has 0 aliphatic heterocycles. The van der Waals surface area contributed by atoms with Crippen LogP contribution in [-0.2, 0) is 28.5 Å². The number of benzene rings is 4. The molecule has 4 aromatic carbocycles. The summed E-state index contributed by atoms with van der Waals surface area (Å²) in [5, 5.41) is 0. The summed E-state index contributed by atoms with van der Waals surface area (Å²) in [6, 6.07) is 22.3. The molecule has 2 N–H and O–H groups in total. The largest absolute Gasteiger partial charge is 0.493 e. The molecule has 0 saturated heterocycles. The van der Waals surface area contributed by atoms with Gasteiger partial charge in [-0.3, -0.25) is 0 Å². The number of rotatable bonds is 16. The van der Waals surface area contributed by atoms with Crippen LogP contribution in [-0.4, -0.2) is 37.9 Å². The average molecular weight is 707 g/mol. The van der Waals surface area contributed by atoms with Gasteiger partial charge in [-0.15, -0.1) is 0 Å². The molecule has 0 heterocycles. The van der Waals surface area contributed by atoms with Gasteiger partial charge in [0.1, 0.15) is 21.3 Å². The fraction of sp³-hybridized carbons (Fsp3) is 0.265. The maximum absolute atomic E-state index is 13.8. The molecule has 3 atom stereocenters. The van der Waals surface area contributed by atoms with Crippen LogP contribution in [0.25, 0.3) is 0 Å². The first kappa shape index (κ1) is 36.9. The smallest absolute Gasteiger partial charge is 0.410 e. The van der Waals surface area contributed by atoms with Crippen molar-refractivity contribution in [3.63, 3.8) is 0 Å². The Hall–Kier alpha value is -3.92. The molecule has 4 rings (SSSR count). The van der Waals surface area contributed by atoms with Crippen molar-refractivity contribution < 1.29 is 43.8 Å². The van der Waals surface area contributed by atoms with Gasteiger partial charge in [0.05, 0.1) is 29.0 Å². The molecule has 258 valence electrons. The maximum atomic E-state index is 13.8. The second-order valence-electron chi connectivity index (χ2n) is 11.0. The lowest BCUT2D eigenvalue weighted by molar-refractivity contribution is -0.173. The van der Waals surface area contributed by atoms with Crippen LogP contribution in [0, 0.1) is 13.8 Å². The third-order valence-electron chi connectivity index (χ3n) is 7.07. The third-order valence-corrected chi connectivity index (χ3v) is 9.59. The van der Waals surface area contributed by atoms with Crippen molar-refractivity contribution in [2.75, 3.05) is 13.2 Å². The zero-order valence-corrected chi connectivity index (χ0v) is 28.2. The van der Waals surface area contributed by atoms with Gasteiger partial charge in [0, 0.05) is 6.42 Å². The lowest BCUT2D eigenvalue weighted by Gasteiger charge is -2.23. The van der Waals surface area contributed by atoms with E-state index in [1.165, 1.54) is 48.5 Å². The summed E-state index contributed by atoms with van der Waals surface area (Å²) < 4.78 is 101. The normalized spacial score (nSPS) is 14.5. The number of hydrogen-bond donors (Lipinski definition) is 2. The molecule has 9 nitrogen and oxygen atoms in total. The first-order valence-electron chi connectivity index (χ1n) is 14.8. The van der Waals surface area contributed by atoms with Crippen LogP contribution in [0.4, 0.5) is 13.2 Å². The van der Waals surface area contributed by atoms with Crippen LogP contribution in [0.15, 0.2) is 107 Å². The molecular weight excluding hydrogens is 670 g/mol. The van der Waals surface area contributed by atoms with E-state index in [0.29, 0.717) is 24.5 Å². The van der Waals surface area contributed by atoms with Crippen LogP contribution in [0.5, 0.6) is 11.5 Å². The van der Waals surface area contributed by atoms with Crippen molar-refractivity contribution in [1.29, 1.82) is 0 Å². The summed E-state index contributed by atoms with van der Waals surface area (Å²) in [4.78, 5) is 0.209. The lowest BCUT2D eigenvalue weighted by atomic mass is 10.1. The summed E-state index contributed by atoms with van der Waals surface area (Å²) in [5.41, 5.74) is 6.89. The molecule has 0 aromatic heterocycles. The zero-order valence-electron chi connectivity index (χ0n) is 26.5. The van der Waals surface area contributed by atoms with Gasteiger partial charge < -0.3 is 9.47 Å². The maximum Gasteiger partial charge on any atom is 0.410 e. The Kier molecular flexibility index (Phi) is 12.3. The third kappa shape index (κ3) is 10.5. The summed E-state index contributed by atoms with van der Waals surface area (Å²) >= 11 is 0. The average Bonchev–Trinajstić information content (AvgIpc) is 3.04. The second kappa shape index (κ2) is 16.0. The van der Waals surface area contributed by atoms with E-state index in [-0.39, 0.29) is 22.0 Å². The van der Waals surface area contributed by atoms with Gasteiger partial charge in [0.25, 0.3) is 0 Å². The van der Waals surface area contributed by atoms with Crippen molar-refractivity contribution in [2.45, 2.75) is 55.2 Å². The summed E-state index contributed by atoms with van der Waals surface area (Å²) in [5.74, 6) is 4.40. The molecule has 0 fully saturated rings. The quantitative estimate of drug-likeness (QED) is 0.0728. The molecule has 0 aliphatic rings. The number of halogens is 3. The molecule has 48 heavy (non-hydrogen) atoms. The highest BCUT2D eigenvalue weighted by atomic mass is 32.2. The number of ether oxygens (including phenoxy) is 2. The van der Waals surface area contributed by atoms with Crippen molar-refractivity contribution in [3.05, 3.63) is 119 Å². The van der Waals surface area contributed by atoms with E-state index in [9.17, 15) is 25.8 Å². The Morgan fingerprint density at radius 1 is 0.667 bits per heavy atom. The van der Waals surface area contributed by atoms with E-state index in [1.807, 2.05) is 19.3 Å². The molecule has 0 saturated carbocycles. The first-order chi connectivity index (χ1) is 22.6. The highest BCUT2D eigenvalue weighted by molar-refractivity contribution is 7.96. The standard InChI is InChI=1S/C34H37F3N2O7S2/c1-24-6-18-31(19-7-24)47(4,40)45-39-33(34(35,36)37)28-12-16-30(17-13-28)44-23-5-22-43-29-14-10-27(11-15-29)26(3)38-46-48(41,42)32-20-8-25(2)9-21-32/h6-21,26,33,38-39H,4-5,22-23H2,1-3H3. The van der Waals surface area contributed by atoms with Gasteiger partial charge >= 0.3 is 16.3 Å². The summed E-state index contributed by atoms with van der Waals surface area (Å²) in [6.07, 6.45) is -4.25. The van der Waals surface area contributed by atoms with Crippen molar-refractivity contribution in [2.24, 2.45) is 0 Å². The zero-order chi connectivity index (χ0) is 35.0. The van der Waals surface area contributed by atoms with E-state index in [2.05, 4.69) is 11.4 Å². The Bertz CT molecular complexity index is 1830. The van der Waals surface area contributed by atoms with Crippen LogP contribution in [0.1, 0.15) is 47.7 Å². The second-order valence-corrected chi connectivity index (χ2v) is 14.4. The Labute approximate surface area is 279 Å². The van der Waals surface area contributed by atoms with Crippen LogP contribution in [0.3, 0.4) is 0 Å². The van der Waals surface area contributed by atoms with E-state index in [1.54, 1.807) is 55.5 Å². The molecule has 14 heteroatoms. The fourth-order valence-corrected chi connectivity index (χ4v) is 5.98. The van der Waals surface area contributed by atoms with E-state index >= 15 is 0 Å². The first-order valence-corrected chi connectivity index (χ1v) is 17.9. The van der Waals surface area contributed by atoms with E-state index in [4.69, 9.17) is 18.0 Å². The highest BCUT2D eigenvalue weighted by Crippen LogP contribution is 2.34. The summed E-state index contributed by atoms with van der Waals surface area (Å²) in [6.45, 7) is 5.99. The number of hydrogen-bond acceptors (Lipinski definition) is 9. The summed E-state index contributed by atoms with van der Waals surface area (Å²) in [7, 11) is -7.45. The van der Waals surface area contributed by atoms with E-state index in [0.717, 1.165) is 16.7 Å². The predicted octanol–water partition coefficient (Wildman–Crippen LogP) is 6.94. The molecule has 3 unspecified atom stereocenters. The van der Waals surface area contributed by atoms with Crippen LogP contribution < -0.4 is 20.4 Å². The Morgan fingerprint density at radius 3 is 1.60 bits per heavy atom. The van der Waals surface area contributed by atoms with Crippen molar-refractivity contribution in [3.8, 4) is 11.5 Å². The van der Waals surface area contributed by atoms with Gasteiger partial charge in [-0.2, -0.15) is 36.8 Å². The van der Waals surface area contributed by atoms with Gasteiger partial charge in [-0.1, -0.05) is 59.7 Å². The minimum atomic E-state index is -4.74. The topological polar surface area (TPSA) is 112 Å². The van der Waals surface area contributed by atoms with Gasteiger partial charge in [-0.25, -0.2) is 8.49 Å². The van der Waals surface area contributed by atoms with Gasteiger partial charge in [0.15, 0.2) is 6.04 Å². The van der Waals surface area contributed by atoms with E-state index < -0.39 is 38.2 Å². The Morgan fingerprint density at radius 2 is 1.12 bits per heavy atom. The molecule has 0 bridgehead atoms. The van der Waals surface area contributed by atoms with Crippen LogP contribution in [0.2, 0.25) is 0 Å². The number of alkyl halides is 3. The number of hydroxylamine groups is 2. The fourth-order valence-electron chi connectivity index (χ4n) is 4.25. The minimum Gasteiger partial charge on any atom is -0.493 e. The highest BCUT2D eigenvalue weighted by Gasteiger charge is 2.42. The SMILES string of the molecule is C=S(=O)(ONC(c1ccc(OCCCOc2ccc(C(C)NOS(=O)(=O)c3ccc(C)cc3)cc2)cc1)C(F)(F)F)c1ccc(C)cc1. The number of nitrogens with one attached hydrogen (secondary N) is 2. The molecule has 4 aromatic rings. The molecular formula is C34H37F3N2O7S2. The molecule has 0 spiro atoms. The molecule has 0 radical (unpaired) electrons. The molecule has 0 amide bonds. The lowest BCUT2D eigenvalue weighted by Crippen LogP contribution is -2.35. The van der Waals surface area contributed by atoms with Crippen molar-refractivity contribution in [1.82, 2.24) is 11.0 Å². The monoisotopic (exact) mass is 706 g/mol. The Balaban J connectivity index is 1.20. The van der Waals surface area contributed by atoms with Gasteiger partial charge in [0.2, 0.25) is 0 Å².